The first kappa shape index (κ1) is 66.7. The number of aromatic nitrogens is 12. The summed E-state index contributed by atoms with van der Waals surface area (Å²) in [5.41, 5.74) is 12.7. The number of anilines is 4. The maximum absolute atomic E-state index is 12.8. The minimum Gasteiger partial charge on any atom is -0.493 e. The number of hydrogen-bond donors (Lipinski definition) is 0. The van der Waals surface area contributed by atoms with E-state index in [4.69, 9.17) is 28.4 Å². The summed E-state index contributed by atoms with van der Waals surface area (Å²) in [6.07, 6.45) is 10.2. The second kappa shape index (κ2) is 29.5. The van der Waals surface area contributed by atoms with Gasteiger partial charge in [0, 0.05) is 92.2 Å². The molecule has 24 nitrogen and oxygen atoms in total. The molecule has 0 N–H and O–H groups in total. The molecule has 24 heteroatoms. The van der Waals surface area contributed by atoms with Gasteiger partial charge in [-0.1, -0.05) is 54.4 Å². The topological polar surface area (TPSA) is 209 Å². The minimum absolute atomic E-state index is 0.0217. The monoisotopic (exact) mass is 1330 g/mol. The lowest BCUT2D eigenvalue weighted by atomic mass is 9.96. The Morgan fingerprint density at radius 3 is 1.29 bits per heavy atom. The zero-order chi connectivity index (χ0) is 67.9. The Kier molecular flexibility index (Phi) is 20.1. The van der Waals surface area contributed by atoms with Gasteiger partial charge in [0.25, 0.3) is 0 Å². The normalized spacial score (nSPS) is 20.0. The van der Waals surface area contributed by atoms with Gasteiger partial charge in [-0.3, -0.25) is 0 Å². The van der Waals surface area contributed by atoms with Crippen LogP contribution in [-0.2, 0) is 43.6 Å². The highest BCUT2D eigenvalue weighted by Gasteiger charge is 2.46. The van der Waals surface area contributed by atoms with Crippen LogP contribution in [0.15, 0.2) is 181 Å². The molecular weight excluding hydrogens is 1240 g/mol. The first-order chi connectivity index (χ1) is 47.6. The molecule has 98 heavy (non-hydrogen) atoms. The number of aryl methyl sites for hydroxylation is 4. The van der Waals surface area contributed by atoms with E-state index in [1.54, 1.807) is 48.5 Å². The summed E-state index contributed by atoms with van der Waals surface area (Å²) in [7, 11) is 0. The van der Waals surface area contributed by atoms with Crippen LogP contribution in [0.1, 0.15) is 79.6 Å². The Morgan fingerprint density at radius 2 is 0.867 bits per heavy atom. The third kappa shape index (κ3) is 14.8. The molecule has 0 spiro atoms. The standard InChI is InChI=1S/2C37H44N8O4/c1-27(2)45-36(46)44(26-40-45)33-8-6-31(7-9-33)41-15-17-42(18-16-41)32-10-12-34(13-11-32)47-20-30-21-48-37(49-22-30,23-43-25-38-24-39-43)35-14-5-28(3)19-29(35)4;1-5-29(4)45-36(46)44(26-40-45)32-9-7-30(8-10-32)41-16-18-42(19-17-41)31-11-13-33(14-12-31)47-21-34-22-48-37(49-34,23-43-25-38-24-39-43)35-15-6-27(2)20-28(35)3/h5-14,19,24-27,30H,15-18,20-23H2,1-4H3;6-15,20,24-26,29,34H,5,16-19,21-23H2,1-4H3/t;29?,34?,37-/m.0/s1. The number of piperazine rings is 2. The molecule has 512 valence electrons. The van der Waals surface area contributed by atoms with Gasteiger partial charge in [-0.15, -0.1) is 0 Å². The average molecular weight is 1330 g/mol. The van der Waals surface area contributed by atoms with Crippen LogP contribution in [-0.4, -0.2) is 150 Å². The number of ether oxygens (including phenoxy) is 6. The van der Waals surface area contributed by atoms with E-state index < -0.39 is 11.6 Å². The Morgan fingerprint density at radius 1 is 0.469 bits per heavy atom. The van der Waals surface area contributed by atoms with E-state index in [0.717, 1.165) is 115 Å². The molecular formula is C74H88N16O8. The summed E-state index contributed by atoms with van der Waals surface area (Å²) < 4.78 is 48.1. The van der Waals surface area contributed by atoms with Gasteiger partial charge in [-0.2, -0.15) is 20.4 Å². The van der Waals surface area contributed by atoms with E-state index in [0.29, 0.717) is 46.1 Å². The van der Waals surface area contributed by atoms with Gasteiger partial charge >= 0.3 is 11.4 Å². The smallest absolute Gasteiger partial charge is 0.350 e. The molecule has 6 aromatic carbocycles. The van der Waals surface area contributed by atoms with Gasteiger partial charge in [-0.05, 0) is 163 Å². The fourth-order valence-corrected chi connectivity index (χ4v) is 13.3. The van der Waals surface area contributed by atoms with Crippen LogP contribution < -0.4 is 40.5 Å². The molecule has 10 aromatic rings. The highest BCUT2D eigenvalue weighted by atomic mass is 16.8. The fourth-order valence-electron chi connectivity index (χ4n) is 13.3. The van der Waals surface area contributed by atoms with Gasteiger partial charge in [0.15, 0.2) is 0 Å². The van der Waals surface area contributed by atoms with Crippen molar-refractivity contribution < 1.29 is 28.4 Å². The largest absolute Gasteiger partial charge is 0.493 e. The van der Waals surface area contributed by atoms with Crippen molar-refractivity contribution in [3.63, 3.8) is 0 Å². The highest BCUT2D eigenvalue weighted by molar-refractivity contribution is 5.57. The quantitative estimate of drug-likeness (QED) is 0.0655. The first-order valence-electron chi connectivity index (χ1n) is 34.0. The highest BCUT2D eigenvalue weighted by Crippen LogP contribution is 2.40. The van der Waals surface area contributed by atoms with Crippen LogP contribution in [0.2, 0.25) is 0 Å². The molecule has 0 amide bonds. The molecule has 2 unspecified atom stereocenters. The summed E-state index contributed by atoms with van der Waals surface area (Å²) in [6, 6.07) is 45.7. The maximum atomic E-state index is 12.8. The van der Waals surface area contributed by atoms with Gasteiger partial charge in [0.2, 0.25) is 11.6 Å². The van der Waals surface area contributed by atoms with Crippen molar-refractivity contribution in [2.24, 2.45) is 5.92 Å². The molecule has 4 fully saturated rings. The summed E-state index contributed by atoms with van der Waals surface area (Å²) in [5.74, 6) is -0.190. The Balaban J connectivity index is 0.000000176. The third-order valence-electron chi connectivity index (χ3n) is 19.0. The number of rotatable bonds is 21. The van der Waals surface area contributed by atoms with Crippen LogP contribution in [0.4, 0.5) is 22.7 Å². The van der Waals surface area contributed by atoms with Gasteiger partial charge < -0.3 is 48.0 Å². The lowest BCUT2D eigenvalue weighted by molar-refractivity contribution is -0.302. The lowest BCUT2D eigenvalue weighted by Gasteiger charge is -2.41. The summed E-state index contributed by atoms with van der Waals surface area (Å²) in [6.45, 7) is 26.7. The van der Waals surface area contributed by atoms with Gasteiger partial charge in [-0.25, -0.2) is 47.4 Å². The molecule has 0 saturated carbocycles. The van der Waals surface area contributed by atoms with Crippen molar-refractivity contribution in [2.75, 3.05) is 105 Å². The predicted molar refractivity (Wildman–Crippen MR) is 375 cm³/mol. The van der Waals surface area contributed by atoms with Crippen molar-refractivity contribution in [2.45, 2.75) is 105 Å². The zero-order valence-corrected chi connectivity index (χ0v) is 57.2. The van der Waals surface area contributed by atoms with Gasteiger partial charge in [0.1, 0.15) is 75.3 Å². The van der Waals surface area contributed by atoms with Crippen molar-refractivity contribution in [1.29, 1.82) is 0 Å². The van der Waals surface area contributed by atoms with Crippen LogP contribution >= 0.6 is 0 Å². The molecule has 0 aliphatic carbocycles. The van der Waals surface area contributed by atoms with Gasteiger partial charge in [0.05, 0.1) is 49.9 Å². The molecule has 8 heterocycles. The van der Waals surface area contributed by atoms with Crippen LogP contribution in [0.25, 0.3) is 11.4 Å². The van der Waals surface area contributed by atoms with E-state index in [-0.39, 0.29) is 35.5 Å². The molecule has 0 bridgehead atoms. The maximum Gasteiger partial charge on any atom is 0.350 e. The molecule has 4 aromatic heterocycles. The SMILES string of the molecule is CCC(C)n1ncn(-c2ccc(N3CCN(c4ccc(OCC5CO[C@](Cn6cncn6)(c6ccc(C)cc6C)O5)cc4)CC3)cc2)c1=O.Cc1ccc(C2(Cn3cncn3)OCC(COc3ccc(N4CCN(c5ccc(-n6cnn(C(C)C)c6=O)cc5)CC4)cc3)CO2)c(C)c1. The number of hydrogen-bond acceptors (Lipinski definition) is 18. The van der Waals surface area contributed by atoms with E-state index in [1.165, 1.54) is 39.8 Å². The van der Waals surface area contributed by atoms with Crippen molar-refractivity contribution >= 4 is 22.7 Å². The summed E-state index contributed by atoms with van der Waals surface area (Å²) in [5, 5.41) is 17.1. The number of benzene rings is 6. The van der Waals surface area contributed by atoms with Crippen molar-refractivity contribution in [3.05, 3.63) is 226 Å². The third-order valence-corrected chi connectivity index (χ3v) is 19.0. The molecule has 4 saturated heterocycles. The van der Waals surface area contributed by atoms with E-state index in [9.17, 15) is 9.59 Å². The van der Waals surface area contributed by atoms with E-state index in [2.05, 4.69) is 170 Å². The van der Waals surface area contributed by atoms with Crippen LogP contribution in [0.3, 0.4) is 0 Å². The molecule has 4 aliphatic rings. The number of nitrogens with zero attached hydrogens (tertiary/aromatic N) is 16. The zero-order valence-electron chi connectivity index (χ0n) is 57.2. The van der Waals surface area contributed by atoms with Crippen molar-refractivity contribution in [1.82, 2.24) is 58.2 Å². The second-order valence-corrected chi connectivity index (χ2v) is 26.3. The summed E-state index contributed by atoms with van der Waals surface area (Å²) >= 11 is 0. The van der Waals surface area contributed by atoms with Crippen molar-refractivity contribution in [3.8, 4) is 22.9 Å². The minimum atomic E-state index is -0.968. The van der Waals surface area contributed by atoms with E-state index >= 15 is 0 Å². The van der Waals surface area contributed by atoms with Crippen LogP contribution in [0, 0.1) is 33.6 Å². The Labute approximate surface area is 571 Å². The Hall–Kier alpha value is -9.88. The lowest BCUT2D eigenvalue weighted by Crippen LogP contribution is -2.46. The summed E-state index contributed by atoms with van der Waals surface area (Å²) in [4.78, 5) is 43.2. The molecule has 14 rings (SSSR count). The predicted octanol–water partition coefficient (Wildman–Crippen LogP) is 9.63. The van der Waals surface area contributed by atoms with E-state index in [1.807, 2.05) is 69.3 Å². The molecule has 0 radical (unpaired) electrons. The average Bonchev–Trinajstić information content (AvgIpc) is 1.46. The first-order valence-corrected chi connectivity index (χ1v) is 34.0. The molecule has 4 aliphatic heterocycles. The van der Waals surface area contributed by atoms with Crippen LogP contribution in [0.5, 0.6) is 11.5 Å². The molecule has 3 atom stereocenters. The second-order valence-electron chi connectivity index (χ2n) is 26.3. The Bertz CT molecular complexity index is 4340. The fraction of sp³-hybridized carbons (Fsp3) is 0.405.